The third kappa shape index (κ3) is 2.66. The number of anilines is 1. The van der Waals surface area contributed by atoms with Gasteiger partial charge in [0, 0.05) is 18.9 Å². The van der Waals surface area contributed by atoms with Crippen LogP contribution in [0.2, 0.25) is 0 Å². The largest absolute Gasteiger partial charge is 0.478 e. The molecule has 0 aliphatic heterocycles. The lowest BCUT2D eigenvalue weighted by Crippen LogP contribution is -2.07. The Balaban J connectivity index is 2.16. The number of hydrogen-bond acceptors (Lipinski definition) is 3. The van der Waals surface area contributed by atoms with Crippen LogP contribution in [0.15, 0.2) is 42.7 Å². The summed E-state index contributed by atoms with van der Waals surface area (Å²) in [5.41, 5.74) is 3.09. The quantitative estimate of drug-likeness (QED) is 0.865. The second kappa shape index (κ2) is 5.31. The predicted molar refractivity (Wildman–Crippen MR) is 69.7 cm³/mol. The highest BCUT2D eigenvalue weighted by Gasteiger charge is 2.09. The topological polar surface area (TPSA) is 62.2 Å². The normalized spacial score (nSPS) is 10.1. The molecule has 0 aliphatic carbocycles. The fourth-order valence-electron chi connectivity index (χ4n) is 1.72. The number of benzene rings is 1. The van der Waals surface area contributed by atoms with Gasteiger partial charge in [-0.25, -0.2) is 4.79 Å². The number of pyridine rings is 1. The molecule has 0 aliphatic rings. The molecule has 4 nitrogen and oxygen atoms in total. The van der Waals surface area contributed by atoms with E-state index in [2.05, 4.69) is 10.3 Å². The molecule has 1 heterocycles. The summed E-state index contributed by atoms with van der Waals surface area (Å²) in [5, 5.41) is 12.2. The zero-order valence-electron chi connectivity index (χ0n) is 10.1. The smallest absolute Gasteiger partial charge is 0.339 e. The van der Waals surface area contributed by atoms with Gasteiger partial charge in [0.1, 0.15) is 5.56 Å². The highest BCUT2D eigenvalue weighted by atomic mass is 16.4. The standard InChI is InChI=1S/C14H14N2O2/c1-10-4-2-3-5-11(10)8-16-13-6-7-15-9-12(13)14(17)18/h2-7,9H,8H2,1H3,(H,15,16)(H,17,18). The first-order chi connectivity index (χ1) is 8.68. The van der Waals surface area contributed by atoms with Crippen LogP contribution in [0.25, 0.3) is 0 Å². The minimum Gasteiger partial charge on any atom is -0.478 e. The molecule has 2 rings (SSSR count). The van der Waals surface area contributed by atoms with Crippen LogP contribution >= 0.6 is 0 Å². The van der Waals surface area contributed by atoms with Crippen LogP contribution in [-0.4, -0.2) is 16.1 Å². The van der Waals surface area contributed by atoms with E-state index in [1.807, 2.05) is 31.2 Å². The molecule has 4 heteroatoms. The third-order valence-corrected chi connectivity index (χ3v) is 2.78. The van der Waals surface area contributed by atoms with E-state index in [-0.39, 0.29) is 5.56 Å². The summed E-state index contributed by atoms with van der Waals surface area (Å²) >= 11 is 0. The van der Waals surface area contributed by atoms with Gasteiger partial charge in [-0.05, 0) is 24.1 Å². The minimum atomic E-state index is -0.976. The molecule has 2 N–H and O–H groups in total. The number of carboxylic acid groups (broad SMARTS) is 1. The van der Waals surface area contributed by atoms with E-state index < -0.39 is 5.97 Å². The minimum absolute atomic E-state index is 0.186. The van der Waals surface area contributed by atoms with Crippen LogP contribution in [0.3, 0.4) is 0 Å². The monoisotopic (exact) mass is 242 g/mol. The molecular weight excluding hydrogens is 228 g/mol. The van der Waals surface area contributed by atoms with Crippen LogP contribution in [-0.2, 0) is 6.54 Å². The predicted octanol–water partition coefficient (Wildman–Crippen LogP) is 2.70. The maximum absolute atomic E-state index is 11.0. The molecule has 1 aromatic carbocycles. The highest BCUT2D eigenvalue weighted by molar-refractivity contribution is 5.93. The Morgan fingerprint density at radius 2 is 2.11 bits per heavy atom. The average molecular weight is 242 g/mol. The molecule has 0 atom stereocenters. The molecule has 1 aromatic heterocycles. The number of hydrogen-bond donors (Lipinski definition) is 2. The number of nitrogens with zero attached hydrogens (tertiary/aromatic N) is 1. The van der Waals surface area contributed by atoms with Crippen molar-refractivity contribution in [3.05, 3.63) is 59.4 Å². The van der Waals surface area contributed by atoms with Gasteiger partial charge >= 0.3 is 5.97 Å². The van der Waals surface area contributed by atoms with Crippen molar-refractivity contribution in [1.29, 1.82) is 0 Å². The molecule has 0 fully saturated rings. The Morgan fingerprint density at radius 1 is 1.33 bits per heavy atom. The maximum atomic E-state index is 11.0. The van der Waals surface area contributed by atoms with Gasteiger partial charge in [-0.1, -0.05) is 24.3 Å². The Labute approximate surface area is 105 Å². The van der Waals surface area contributed by atoms with Crippen molar-refractivity contribution in [3.63, 3.8) is 0 Å². The van der Waals surface area contributed by atoms with Crippen molar-refractivity contribution in [3.8, 4) is 0 Å². The van der Waals surface area contributed by atoms with E-state index in [0.29, 0.717) is 12.2 Å². The Morgan fingerprint density at radius 3 is 2.83 bits per heavy atom. The summed E-state index contributed by atoms with van der Waals surface area (Å²) < 4.78 is 0. The number of aryl methyl sites for hydroxylation is 1. The fraction of sp³-hybridized carbons (Fsp3) is 0.143. The number of carbonyl (C=O) groups is 1. The molecule has 0 unspecified atom stereocenters. The van der Waals surface area contributed by atoms with E-state index in [1.54, 1.807) is 12.3 Å². The van der Waals surface area contributed by atoms with Crippen molar-refractivity contribution in [2.75, 3.05) is 5.32 Å². The lowest BCUT2D eigenvalue weighted by atomic mass is 10.1. The Bertz CT molecular complexity index is 567. The van der Waals surface area contributed by atoms with Crippen molar-refractivity contribution >= 4 is 11.7 Å². The first-order valence-corrected chi connectivity index (χ1v) is 5.64. The first-order valence-electron chi connectivity index (χ1n) is 5.64. The fourth-order valence-corrected chi connectivity index (χ4v) is 1.72. The number of aromatic carboxylic acids is 1. The van der Waals surface area contributed by atoms with Gasteiger partial charge in [0.25, 0.3) is 0 Å². The molecular formula is C14H14N2O2. The van der Waals surface area contributed by atoms with Crippen molar-refractivity contribution in [2.24, 2.45) is 0 Å². The lowest BCUT2D eigenvalue weighted by Gasteiger charge is -2.10. The van der Waals surface area contributed by atoms with Crippen LogP contribution in [0.1, 0.15) is 21.5 Å². The molecule has 2 aromatic rings. The van der Waals surface area contributed by atoms with Crippen molar-refractivity contribution < 1.29 is 9.90 Å². The van der Waals surface area contributed by atoms with E-state index in [0.717, 1.165) is 5.56 Å². The first kappa shape index (κ1) is 12.1. The van der Waals surface area contributed by atoms with Gasteiger partial charge in [0.05, 0.1) is 5.69 Å². The SMILES string of the molecule is Cc1ccccc1CNc1ccncc1C(=O)O. The molecule has 0 spiro atoms. The van der Waals surface area contributed by atoms with Gasteiger partial charge in [0.15, 0.2) is 0 Å². The van der Waals surface area contributed by atoms with Gasteiger partial charge in [-0.3, -0.25) is 4.98 Å². The molecule has 0 saturated heterocycles. The number of carboxylic acids is 1. The number of rotatable bonds is 4. The summed E-state index contributed by atoms with van der Waals surface area (Å²) in [6, 6.07) is 9.66. The second-order valence-corrected chi connectivity index (χ2v) is 4.01. The van der Waals surface area contributed by atoms with Crippen molar-refractivity contribution in [1.82, 2.24) is 4.98 Å². The number of nitrogens with one attached hydrogen (secondary N) is 1. The van der Waals surface area contributed by atoms with Crippen LogP contribution < -0.4 is 5.32 Å². The molecule has 0 radical (unpaired) electrons. The molecule has 0 bridgehead atoms. The highest BCUT2D eigenvalue weighted by Crippen LogP contribution is 2.16. The third-order valence-electron chi connectivity index (χ3n) is 2.78. The summed E-state index contributed by atoms with van der Waals surface area (Å²) in [5.74, 6) is -0.976. The van der Waals surface area contributed by atoms with E-state index >= 15 is 0 Å². The van der Waals surface area contributed by atoms with Crippen LogP contribution in [0.4, 0.5) is 5.69 Å². The molecule has 0 amide bonds. The van der Waals surface area contributed by atoms with Gasteiger partial charge in [-0.15, -0.1) is 0 Å². The van der Waals surface area contributed by atoms with E-state index in [1.165, 1.54) is 11.8 Å². The van der Waals surface area contributed by atoms with Gasteiger partial charge in [0.2, 0.25) is 0 Å². The van der Waals surface area contributed by atoms with E-state index in [4.69, 9.17) is 5.11 Å². The molecule has 18 heavy (non-hydrogen) atoms. The second-order valence-electron chi connectivity index (χ2n) is 4.01. The van der Waals surface area contributed by atoms with Crippen molar-refractivity contribution in [2.45, 2.75) is 13.5 Å². The Kier molecular flexibility index (Phi) is 3.57. The lowest BCUT2D eigenvalue weighted by molar-refractivity contribution is 0.0697. The average Bonchev–Trinajstić information content (AvgIpc) is 2.38. The van der Waals surface area contributed by atoms with Crippen LogP contribution in [0.5, 0.6) is 0 Å². The summed E-state index contributed by atoms with van der Waals surface area (Å²) in [4.78, 5) is 14.8. The van der Waals surface area contributed by atoms with E-state index in [9.17, 15) is 4.79 Å². The molecule has 92 valence electrons. The maximum Gasteiger partial charge on any atom is 0.339 e. The summed E-state index contributed by atoms with van der Waals surface area (Å²) in [6.07, 6.45) is 2.93. The van der Waals surface area contributed by atoms with Gasteiger partial charge < -0.3 is 10.4 Å². The van der Waals surface area contributed by atoms with Gasteiger partial charge in [-0.2, -0.15) is 0 Å². The zero-order valence-corrected chi connectivity index (χ0v) is 10.1. The summed E-state index contributed by atoms with van der Waals surface area (Å²) in [7, 11) is 0. The molecule has 0 saturated carbocycles. The zero-order chi connectivity index (χ0) is 13.0. The summed E-state index contributed by atoms with van der Waals surface area (Å²) in [6.45, 7) is 2.62. The van der Waals surface area contributed by atoms with Crippen LogP contribution in [0, 0.1) is 6.92 Å². The Hall–Kier alpha value is -2.36. The number of aromatic nitrogens is 1.